The summed E-state index contributed by atoms with van der Waals surface area (Å²) in [6.45, 7) is 4.67. The largest absolute Gasteiger partial charge is 0.379 e. The molecule has 1 aliphatic heterocycles. The van der Waals surface area contributed by atoms with Crippen LogP contribution in [0.5, 0.6) is 0 Å². The van der Waals surface area contributed by atoms with E-state index in [1.165, 1.54) is 12.3 Å². The fourth-order valence-electron chi connectivity index (χ4n) is 2.08. The molecule has 7 nitrogen and oxygen atoms in total. The Kier molecular flexibility index (Phi) is 6.57. The van der Waals surface area contributed by atoms with E-state index in [1.807, 2.05) is 0 Å². The van der Waals surface area contributed by atoms with Gasteiger partial charge in [-0.1, -0.05) is 11.6 Å². The molecule has 1 aliphatic rings. The molecule has 1 aromatic heterocycles. The van der Waals surface area contributed by atoms with Crippen LogP contribution in [0.3, 0.4) is 0 Å². The predicted molar refractivity (Wildman–Crippen MR) is 82.8 cm³/mol. The van der Waals surface area contributed by atoms with E-state index in [0.29, 0.717) is 12.2 Å². The van der Waals surface area contributed by atoms with Gasteiger partial charge in [0.1, 0.15) is 5.15 Å². The number of carbonyl (C=O) groups is 2. The lowest BCUT2D eigenvalue weighted by Gasteiger charge is -2.26. The lowest BCUT2D eigenvalue weighted by Crippen LogP contribution is -2.39. The number of aromatic nitrogens is 1. The van der Waals surface area contributed by atoms with Crippen molar-refractivity contribution >= 4 is 29.1 Å². The molecular weight excluding hydrogens is 308 g/mol. The van der Waals surface area contributed by atoms with Crippen LogP contribution in [0.25, 0.3) is 0 Å². The molecule has 0 aromatic carbocycles. The number of nitrogens with zero attached hydrogens (tertiary/aromatic N) is 2. The zero-order chi connectivity index (χ0) is 15.8. The summed E-state index contributed by atoms with van der Waals surface area (Å²) in [5, 5.41) is 5.32. The van der Waals surface area contributed by atoms with Crippen LogP contribution < -0.4 is 10.6 Å². The van der Waals surface area contributed by atoms with Crippen molar-refractivity contribution in [1.82, 2.24) is 15.2 Å². The van der Waals surface area contributed by atoms with E-state index in [1.54, 1.807) is 6.07 Å². The zero-order valence-electron chi connectivity index (χ0n) is 12.2. The second-order valence-electron chi connectivity index (χ2n) is 4.88. The quantitative estimate of drug-likeness (QED) is 0.468. The van der Waals surface area contributed by atoms with Crippen molar-refractivity contribution in [3.05, 3.63) is 23.5 Å². The summed E-state index contributed by atoms with van der Waals surface area (Å²) < 4.78 is 5.26. The summed E-state index contributed by atoms with van der Waals surface area (Å²) >= 11 is 5.71. The third kappa shape index (κ3) is 5.59. The van der Waals surface area contributed by atoms with Crippen molar-refractivity contribution in [3.63, 3.8) is 0 Å². The fourth-order valence-corrected chi connectivity index (χ4v) is 2.25. The molecule has 1 aromatic rings. The predicted octanol–water partition coefficient (Wildman–Crippen LogP) is 0.512. The van der Waals surface area contributed by atoms with Crippen LogP contribution in [-0.2, 0) is 14.3 Å². The van der Waals surface area contributed by atoms with Gasteiger partial charge >= 0.3 is 11.8 Å². The molecule has 2 rings (SSSR count). The van der Waals surface area contributed by atoms with E-state index >= 15 is 0 Å². The van der Waals surface area contributed by atoms with Crippen molar-refractivity contribution in [2.24, 2.45) is 0 Å². The van der Waals surface area contributed by atoms with Gasteiger partial charge in [-0.25, -0.2) is 4.98 Å². The molecule has 1 fully saturated rings. The van der Waals surface area contributed by atoms with Crippen molar-refractivity contribution in [3.8, 4) is 0 Å². The van der Waals surface area contributed by atoms with E-state index in [-0.39, 0.29) is 5.15 Å². The smallest absolute Gasteiger partial charge is 0.313 e. The summed E-state index contributed by atoms with van der Waals surface area (Å²) in [7, 11) is 0. The minimum Gasteiger partial charge on any atom is -0.379 e. The molecule has 0 atom stereocenters. The van der Waals surface area contributed by atoms with Gasteiger partial charge < -0.3 is 15.4 Å². The van der Waals surface area contributed by atoms with Crippen molar-refractivity contribution in [2.75, 3.05) is 44.7 Å². The first-order chi connectivity index (χ1) is 10.6. The van der Waals surface area contributed by atoms with Crippen LogP contribution in [0.4, 0.5) is 5.69 Å². The highest BCUT2D eigenvalue weighted by Gasteiger charge is 2.14. The minimum atomic E-state index is -0.714. The highest BCUT2D eigenvalue weighted by molar-refractivity contribution is 6.39. The maximum atomic E-state index is 11.7. The summed E-state index contributed by atoms with van der Waals surface area (Å²) in [5.74, 6) is -1.37. The Morgan fingerprint density at radius 3 is 2.82 bits per heavy atom. The van der Waals surface area contributed by atoms with Gasteiger partial charge in [-0.15, -0.1) is 0 Å². The van der Waals surface area contributed by atoms with Crippen LogP contribution in [0.2, 0.25) is 5.15 Å². The Bertz CT molecular complexity index is 521. The average Bonchev–Trinajstić information content (AvgIpc) is 2.52. The number of amides is 2. The minimum absolute atomic E-state index is 0.253. The van der Waals surface area contributed by atoms with Crippen LogP contribution >= 0.6 is 11.6 Å². The first kappa shape index (κ1) is 16.7. The van der Waals surface area contributed by atoms with Gasteiger partial charge in [-0.3, -0.25) is 14.5 Å². The van der Waals surface area contributed by atoms with Crippen molar-refractivity contribution in [1.29, 1.82) is 0 Å². The number of anilines is 1. The van der Waals surface area contributed by atoms with Gasteiger partial charge in [0.15, 0.2) is 0 Å². The average molecular weight is 327 g/mol. The maximum Gasteiger partial charge on any atom is 0.313 e. The lowest BCUT2D eigenvalue weighted by molar-refractivity contribution is -0.136. The molecule has 2 amide bonds. The highest BCUT2D eigenvalue weighted by atomic mass is 35.5. The van der Waals surface area contributed by atoms with Crippen LogP contribution in [0, 0.1) is 0 Å². The lowest BCUT2D eigenvalue weighted by atomic mass is 10.3. The summed E-state index contributed by atoms with van der Waals surface area (Å²) in [6, 6.07) is 3.04. The zero-order valence-corrected chi connectivity index (χ0v) is 12.9. The van der Waals surface area contributed by atoms with E-state index in [2.05, 4.69) is 20.5 Å². The number of morpholine rings is 1. The highest BCUT2D eigenvalue weighted by Crippen LogP contribution is 2.11. The number of halogens is 1. The first-order valence-corrected chi connectivity index (χ1v) is 7.54. The number of nitrogens with one attached hydrogen (secondary N) is 2. The molecule has 0 unspecified atom stereocenters. The normalized spacial score (nSPS) is 15.3. The Hall–Kier alpha value is -1.70. The number of carbonyl (C=O) groups excluding carboxylic acids is 2. The topological polar surface area (TPSA) is 83.6 Å². The fraction of sp³-hybridized carbons (Fsp3) is 0.500. The summed E-state index contributed by atoms with van der Waals surface area (Å²) in [6.07, 6.45) is 2.25. The van der Waals surface area contributed by atoms with Gasteiger partial charge in [0.25, 0.3) is 0 Å². The summed E-state index contributed by atoms with van der Waals surface area (Å²) in [5.41, 5.74) is 0.438. The van der Waals surface area contributed by atoms with Crippen molar-refractivity contribution in [2.45, 2.75) is 6.42 Å². The molecule has 2 heterocycles. The molecule has 0 radical (unpaired) electrons. The van der Waals surface area contributed by atoms with Gasteiger partial charge in [-0.2, -0.15) is 0 Å². The number of pyridine rings is 1. The second kappa shape index (κ2) is 8.67. The number of rotatable bonds is 5. The van der Waals surface area contributed by atoms with E-state index < -0.39 is 11.8 Å². The molecule has 8 heteroatoms. The van der Waals surface area contributed by atoms with E-state index in [0.717, 1.165) is 39.3 Å². The Morgan fingerprint density at radius 1 is 1.32 bits per heavy atom. The Morgan fingerprint density at radius 2 is 2.09 bits per heavy atom. The van der Waals surface area contributed by atoms with E-state index in [4.69, 9.17) is 16.3 Å². The van der Waals surface area contributed by atoms with Gasteiger partial charge in [0, 0.05) is 31.5 Å². The maximum absolute atomic E-state index is 11.7. The number of hydrogen-bond donors (Lipinski definition) is 2. The monoisotopic (exact) mass is 326 g/mol. The molecule has 1 saturated heterocycles. The van der Waals surface area contributed by atoms with Crippen LogP contribution in [0.1, 0.15) is 6.42 Å². The third-order valence-electron chi connectivity index (χ3n) is 3.23. The molecule has 0 spiro atoms. The number of ether oxygens (including phenoxy) is 1. The number of hydrogen-bond acceptors (Lipinski definition) is 5. The second-order valence-corrected chi connectivity index (χ2v) is 5.27. The summed E-state index contributed by atoms with van der Waals surface area (Å²) in [4.78, 5) is 29.5. The molecular formula is C14H19ClN4O3. The first-order valence-electron chi connectivity index (χ1n) is 7.16. The van der Waals surface area contributed by atoms with Crippen molar-refractivity contribution < 1.29 is 14.3 Å². The Balaban J connectivity index is 1.64. The standard InChI is InChI=1S/C14H19ClN4O3/c15-12-10-11(2-4-16-12)18-14(21)13(20)17-3-1-5-19-6-8-22-9-7-19/h2,4,10H,1,3,5-9H2,(H,17,20)(H,16,18,21). The van der Waals surface area contributed by atoms with Gasteiger partial charge in [0.05, 0.1) is 13.2 Å². The molecule has 2 N–H and O–H groups in total. The molecule has 0 saturated carbocycles. The van der Waals surface area contributed by atoms with Crippen LogP contribution in [-0.4, -0.2) is 61.1 Å². The van der Waals surface area contributed by atoms with Gasteiger partial charge in [-0.05, 0) is 25.1 Å². The van der Waals surface area contributed by atoms with E-state index in [9.17, 15) is 9.59 Å². The Labute approximate surface area is 134 Å². The molecule has 0 bridgehead atoms. The molecule has 0 aliphatic carbocycles. The third-order valence-corrected chi connectivity index (χ3v) is 3.44. The van der Waals surface area contributed by atoms with Gasteiger partial charge in [0.2, 0.25) is 0 Å². The SMILES string of the molecule is O=C(NCCCN1CCOCC1)C(=O)Nc1ccnc(Cl)c1. The molecule has 22 heavy (non-hydrogen) atoms. The van der Waals surface area contributed by atoms with Crippen LogP contribution in [0.15, 0.2) is 18.3 Å². The molecule has 120 valence electrons.